The van der Waals surface area contributed by atoms with Crippen LogP contribution in [0, 0.1) is 0 Å². The maximum atomic E-state index is 10.6. The lowest BCUT2D eigenvalue weighted by Crippen LogP contribution is -2.55. The summed E-state index contributed by atoms with van der Waals surface area (Å²) in [5.41, 5.74) is 0.495. The van der Waals surface area contributed by atoms with Crippen molar-refractivity contribution >= 4 is 0 Å². The normalized spacial score (nSPS) is 24.7. The van der Waals surface area contributed by atoms with Crippen LogP contribution < -0.4 is 14.2 Å². The van der Waals surface area contributed by atoms with E-state index in [0.29, 0.717) is 17.1 Å². The summed E-state index contributed by atoms with van der Waals surface area (Å²) in [7, 11) is 4.26. The molecule has 10 nitrogen and oxygen atoms in total. The highest BCUT2D eigenvalue weighted by Crippen LogP contribution is 2.36. The second kappa shape index (κ2) is 11.5. The van der Waals surface area contributed by atoms with Crippen LogP contribution in [0.3, 0.4) is 0 Å². The molecule has 10 heteroatoms. The van der Waals surface area contributed by atoms with Crippen LogP contribution in [0.4, 0.5) is 0 Å². The summed E-state index contributed by atoms with van der Waals surface area (Å²) in [6.45, 7) is -0.534. The van der Waals surface area contributed by atoms with Crippen molar-refractivity contribution in [1.29, 1.82) is 0 Å². The van der Waals surface area contributed by atoms with Crippen LogP contribution in [-0.2, 0) is 14.2 Å². The van der Waals surface area contributed by atoms with E-state index in [-0.39, 0.29) is 18.1 Å². The van der Waals surface area contributed by atoms with E-state index < -0.39 is 43.4 Å². The third-order valence-corrected chi connectivity index (χ3v) is 5.39. The molecule has 4 N–H and O–H groups in total. The van der Waals surface area contributed by atoms with Gasteiger partial charge < -0.3 is 48.8 Å². The zero-order chi connectivity index (χ0) is 24.0. The van der Waals surface area contributed by atoms with E-state index in [1.165, 1.54) is 27.4 Å². The first kappa shape index (κ1) is 25.0. The largest absolute Gasteiger partial charge is 0.504 e. The second-order valence-corrected chi connectivity index (χ2v) is 7.43. The van der Waals surface area contributed by atoms with Crippen molar-refractivity contribution in [2.24, 2.45) is 0 Å². The van der Waals surface area contributed by atoms with Gasteiger partial charge in [-0.2, -0.15) is 0 Å². The minimum atomic E-state index is -1.34. The highest BCUT2D eigenvalue weighted by atomic mass is 16.7. The van der Waals surface area contributed by atoms with Crippen molar-refractivity contribution in [3.8, 4) is 23.0 Å². The number of phenols is 1. The van der Waals surface area contributed by atoms with Crippen LogP contribution in [0.2, 0.25) is 0 Å². The summed E-state index contributed by atoms with van der Waals surface area (Å²) in [5, 5.41) is 41.1. The van der Waals surface area contributed by atoms with Gasteiger partial charge in [-0.1, -0.05) is 18.2 Å². The molecule has 1 heterocycles. The van der Waals surface area contributed by atoms with Crippen LogP contribution in [0.5, 0.6) is 23.0 Å². The first-order valence-corrected chi connectivity index (χ1v) is 10.4. The maximum Gasteiger partial charge on any atom is 0.185 e. The molecule has 0 aliphatic carbocycles. The molecule has 6 atom stereocenters. The Bertz CT molecular complexity index is 891. The maximum absolute atomic E-state index is 10.6. The van der Waals surface area contributed by atoms with Gasteiger partial charge in [-0.15, -0.1) is 0 Å². The molecule has 2 aromatic carbocycles. The Morgan fingerprint density at radius 3 is 2.30 bits per heavy atom. The summed E-state index contributed by atoms with van der Waals surface area (Å²) >= 11 is 0. The molecule has 0 amide bonds. The molecule has 0 saturated carbocycles. The predicted molar refractivity (Wildman–Crippen MR) is 116 cm³/mol. The lowest BCUT2D eigenvalue weighted by molar-refractivity contribution is -0.279. The molecule has 1 aliphatic heterocycles. The molecular weight excluding hydrogens is 436 g/mol. The minimum absolute atomic E-state index is 0.0741. The van der Waals surface area contributed by atoms with E-state index in [0.717, 1.165) is 0 Å². The topological polar surface area (TPSA) is 136 Å². The number of benzene rings is 2. The Hall–Kier alpha value is -2.60. The smallest absolute Gasteiger partial charge is 0.185 e. The highest BCUT2D eigenvalue weighted by molar-refractivity contribution is 5.43. The number of aliphatic hydroxyl groups is 3. The van der Waals surface area contributed by atoms with E-state index in [9.17, 15) is 20.4 Å². The van der Waals surface area contributed by atoms with Crippen molar-refractivity contribution in [3.63, 3.8) is 0 Å². The molecule has 0 radical (unpaired) electrons. The van der Waals surface area contributed by atoms with E-state index in [4.69, 9.17) is 28.4 Å². The van der Waals surface area contributed by atoms with E-state index in [1.54, 1.807) is 36.4 Å². The number of aromatic hydroxyl groups is 1. The van der Waals surface area contributed by atoms with Gasteiger partial charge in [0.15, 0.2) is 35.4 Å². The van der Waals surface area contributed by atoms with Crippen LogP contribution in [0.1, 0.15) is 11.7 Å². The number of aliphatic hydroxyl groups excluding tert-OH is 3. The van der Waals surface area contributed by atoms with Gasteiger partial charge in [-0.05, 0) is 29.8 Å². The number of hydrogen-bond acceptors (Lipinski definition) is 10. The van der Waals surface area contributed by atoms with Gasteiger partial charge in [0.1, 0.15) is 24.4 Å². The van der Waals surface area contributed by atoms with Crippen LogP contribution in [0.15, 0.2) is 42.5 Å². The highest BCUT2D eigenvalue weighted by Gasteiger charge is 2.42. The van der Waals surface area contributed by atoms with Gasteiger partial charge in [0.05, 0.1) is 27.4 Å². The van der Waals surface area contributed by atoms with Gasteiger partial charge in [-0.25, -0.2) is 0 Å². The molecule has 1 fully saturated rings. The average Bonchev–Trinajstić information content (AvgIpc) is 2.84. The second-order valence-electron chi connectivity index (χ2n) is 7.43. The zero-order valence-electron chi connectivity index (χ0n) is 18.7. The van der Waals surface area contributed by atoms with Gasteiger partial charge in [0, 0.05) is 7.11 Å². The van der Waals surface area contributed by atoms with Crippen molar-refractivity contribution in [1.82, 2.24) is 0 Å². The van der Waals surface area contributed by atoms with E-state index >= 15 is 0 Å². The first-order chi connectivity index (χ1) is 15.9. The number of methoxy groups -OCH3 is 3. The van der Waals surface area contributed by atoms with E-state index in [2.05, 4.69) is 0 Å². The molecule has 0 spiro atoms. The zero-order valence-corrected chi connectivity index (χ0v) is 18.7. The third kappa shape index (κ3) is 5.67. The molecule has 1 aliphatic rings. The minimum Gasteiger partial charge on any atom is -0.504 e. The number of ether oxygens (including phenoxy) is 6. The Kier molecular flexibility index (Phi) is 8.73. The molecular formula is C23H30O10. The van der Waals surface area contributed by atoms with Gasteiger partial charge in [0.2, 0.25) is 0 Å². The molecule has 0 aromatic heterocycles. The SMILES string of the molecule is COc1cc([C@@H](O[C@@H]2CO[C@@H](OC)[C@H](O)[C@H]2O)[C@@H](CO)Oc2ccccc2OC)ccc1O. The van der Waals surface area contributed by atoms with Crippen LogP contribution >= 0.6 is 0 Å². The summed E-state index contributed by atoms with van der Waals surface area (Å²) in [4.78, 5) is 0. The number of hydrogen-bond donors (Lipinski definition) is 4. The Morgan fingerprint density at radius 2 is 1.67 bits per heavy atom. The van der Waals surface area contributed by atoms with Crippen molar-refractivity contribution < 1.29 is 48.8 Å². The van der Waals surface area contributed by atoms with Gasteiger partial charge in [0.25, 0.3) is 0 Å². The van der Waals surface area contributed by atoms with E-state index in [1.807, 2.05) is 0 Å². The first-order valence-electron chi connectivity index (χ1n) is 10.4. The van der Waals surface area contributed by atoms with Crippen LogP contribution in [0.25, 0.3) is 0 Å². The standard InChI is InChI=1S/C23H30O10/c1-28-15-6-4-5-7-16(15)32-18(11-24)22(13-8-9-14(25)17(10-13)29-2)33-19-12-31-23(30-3)21(27)20(19)26/h4-10,18-27H,11-12H2,1-3H3/t18-,19-,20+,21-,22-,23-/m1/s1. The van der Waals surface area contributed by atoms with Crippen molar-refractivity contribution in [2.45, 2.75) is 36.8 Å². The number of phenolic OH excluding ortho intramolecular Hbond substituents is 1. The summed E-state index contributed by atoms with van der Waals surface area (Å²) in [5.74, 6) is 0.941. The van der Waals surface area contributed by atoms with Crippen molar-refractivity contribution in [3.05, 3.63) is 48.0 Å². The fourth-order valence-electron chi connectivity index (χ4n) is 3.61. The molecule has 2 aromatic rings. The van der Waals surface area contributed by atoms with Crippen molar-refractivity contribution in [2.75, 3.05) is 34.5 Å². The van der Waals surface area contributed by atoms with Crippen LogP contribution in [-0.4, -0.2) is 85.7 Å². The molecule has 0 unspecified atom stereocenters. The number of rotatable bonds is 10. The average molecular weight is 466 g/mol. The lowest BCUT2D eigenvalue weighted by atomic mass is 10.0. The third-order valence-electron chi connectivity index (χ3n) is 5.39. The molecule has 182 valence electrons. The Labute approximate surface area is 191 Å². The Balaban J connectivity index is 1.94. The molecule has 1 saturated heterocycles. The quantitative estimate of drug-likeness (QED) is 0.401. The monoisotopic (exact) mass is 466 g/mol. The predicted octanol–water partition coefficient (Wildman–Crippen LogP) is 1.00. The molecule has 33 heavy (non-hydrogen) atoms. The molecule has 0 bridgehead atoms. The van der Waals surface area contributed by atoms with Gasteiger partial charge in [-0.3, -0.25) is 0 Å². The fourth-order valence-corrected chi connectivity index (χ4v) is 3.61. The van der Waals surface area contributed by atoms with Gasteiger partial charge >= 0.3 is 0 Å². The fraction of sp³-hybridized carbons (Fsp3) is 0.478. The summed E-state index contributed by atoms with van der Waals surface area (Å²) in [6, 6.07) is 11.5. The molecule has 3 rings (SSSR count). The lowest BCUT2D eigenvalue weighted by Gasteiger charge is -2.39. The summed E-state index contributed by atoms with van der Waals surface area (Å²) in [6.07, 6.45) is -6.54. The summed E-state index contributed by atoms with van der Waals surface area (Å²) < 4.78 is 33.2. The Morgan fingerprint density at radius 1 is 0.970 bits per heavy atom. The number of para-hydroxylation sites is 2.